The van der Waals surface area contributed by atoms with E-state index in [1.165, 1.54) is 26.3 Å². The molecule has 2 amide bonds. The number of hydrazone groups is 1. The Morgan fingerprint density at radius 2 is 1.88 bits per heavy atom. The van der Waals surface area contributed by atoms with Crippen molar-refractivity contribution in [2.24, 2.45) is 5.10 Å². The van der Waals surface area contributed by atoms with Crippen molar-refractivity contribution in [3.05, 3.63) is 53.6 Å². The lowest BCUT2D eigenvalue weighted by Crippen LogP contribution is -2.17. The van der Waals surface area contributed by atoms with Gasteiger partial charge in [-0.2, -0.15) is 5.10 Å². The van der Waals surface area contributed by atoms with Gasteiger partial charge in [0.05, 0.1) is 13.3 Å². The normalized spacial score (nSPS) is 10.4. The number of hydrogen-bond acceptors (Lipinski definition) is 5. The zero-order valence-electron chi connectivity index (χ0n) is 13.2. The van der Waals surface area contributed by atoms with Gasteiger partial charge >= 0.3 is 0 Å². The number of phenols is 1. The summed E-state index contributed by atoms with van der Waals surface area (Å²) in [5.41, 5.74) is 4.07. The first-order valence-electron chi connectivity index (χ1n) is 7.07. The fraction of sp³-hybridized carbons (Fsp3) is 0.118. The Balaban J connectivity index is 1.98. The molecule has 0 aromatic heterocycles. The minimum atomic E-state index is -0.383. The summed E-state index contributed by atoms with van der Waals surface area (Å²) >= 11 is 0. The van der Waals surface area contributed by atoms with Gasteiger partial charge in [0.1, 0.15) is 0 Å². The van der Waals surface area contributed by atoms with E-state index in [1.54, 1.807) is 36.4 Å². The largest absolute Gasteiger partial charge is 0.504 e. The fourth-order valence-corrected chi connectivity index (χ4v) is 1.91. The molecule has 0 bridgehead atoms. The molecule has 124 valence electrons. The van der Waals surface area contributed by atoms with E-state index < -0.39 is 0 Å². The van der Waals surface area contributed by atoms with Crippen molar-refractivity contribution in [3.63, 3.8) is 0 Å². The minimum absolute atomic E-state index is 0.0259. The lowest BCUT2D eigenvalue weighted by Gasteiger charge is -2.04. The molecule has 0 fully saturated rings. The standard InChI is InChI=1S/C17H17N3O4/c1-11(21)19-14-6-4-13(5-7-14)17(23)20-18-10-12-3-8-15(22)16(9-12)24-2/h3-10,22H,1-2H3,(H,19,21)(H,20,23)/b18-10+. The van der Waals surface area contributed by atoms with Gasteiger partial charge < -0.3 is 15.2 Å². The molecule has 0 aliphatic heterocycles. The van der Waals surface area contributed by atoms with Crippen molar-refractivity contribution in [2.45, 2.75) is 6.92 Å². The molecular formula is C17H17N3O4. The van der Waals surface area contributed by atoms with Gasteiger partial charge in [-0.05, 0) is 48.0 Å². The Hall–Kier alpha value is -3.35. The zero-order chi connectivity index (χ0) is 17.5. The van der Waals surface area contributed by atoms with Crippen LogP contribution in [0.2, 0.25) is 0 Å². The number of hydrogen-bond donors (Lipinski definition) is 3. The van der Waals surface area contributed by atoms with E-state index >= 15 is 0 Å². The number of carbonyl (C=O) groups excluding carboxylic acids is 2. The lowest BCUT2D eigenvalue weighted by atomic mass is 10.2. The van der Waals surface area contributed by atoms with Gasteiger partial charge in [-0.25, -0.2) is 5.43 Å². The van der Waals surface area contributed by atoms with Gasteiger partial charge in [-0.1, -0.05) is 0 Å². The van der Waals surface area contributed by atoms with E-state index in [1.807, 2.05) is 0 Å². The van der Waals surface area contributed by atoms with Crippen LogP contribution in [0.3, 0.4) is 0 Å². The number of amides is 2. The van der Waals surface area contributed by atoms with Crippen molar-refractivity contribution < 1.29 is 19.4 Å². The SMILES string of the molecule is COc1cc(/C=N/NC(=O)c2ccc(NC(C)=O)cc2)ccc1O. The van der Waals surface area contributed by atoms with Crippen molar-refractivity contribution in [1.82, 2.24) is 5.43 Å². The minimum Gasteiger partial charge on any atom is -0.504 e. The third-order valence-electron chi connectivity index (χ3n) is 3.05. The number of nitrogens with zero attached hydrogens (tertiary/aromatic N) is 1. The molecule has 0 radical (unpaired) electrons. The van der Waals surface area contributed by atoms with Crippen LogP contribution in [0.5, 0.6) is 11.5 Å². The molecular weight excluding hydrogens is 310 g/mol. The Kier molecular flexibility index (Phi) is 5.51. The highest BCUT2D eigenvalue weighted by atomic mass is 16.5. The van der Waals surface area contributed by atoms with Crippen molar-refractivity contribution in [3.8, 4) is 11.5 Å². The van der Waals surface area contributed by atoms with Crippen LogP contribution in [-0.4, -0.2) is 30.2 Å². The number of carbonyl (C=O) groups is 2. The number of benzene rings is 2. The summed E-state index contributed by atoms with van der Waals surface area (Å²) in [4.78, 5) is 22.9. The Labute approximate surface area is 139 Å². The molecule has 2 rings (SSSR count). The second-order valence-corrected chi connectivity index (χ2v) is 4.89. The molecule has 0 unspecified atom stereocenters. The van der Waals surface area contributed by atoms with Gasteiger partial charge in [-0.15, -0.1) is 0 Å². The van der Waals surface area contributed by atoms with E-state index in [9.17, 15) is 14.7 Å². The van der Waals surface area contributed by atoms with E-state index in [2.05, 4.69) is 15.8 Å². The first-order chi connectivity index (χ1) is 11.5. The summed E-state index contributed by atoms with van der Waals surface area (Å²) in [6.07, 6.45) is 1.44. The average molecular weight is 327 g/mol. The van der Waals surface area contributed by atoms with E-state index in [0.717, 1.165) is 0 Å². The molecule has 0 spiro atoms. The highest BCUT2D eigenvalue weighted by Gasteiger charge is 2.05. The molecule has 0 saturated carbocycles. The van der Waals surface area contributed by atoms with Crippen molar-refractivity contribution in [1.29, 1.82) is 0 Å². The molecule has 0 heterocycles. The molecule has 3 N–H and O–H groups in total. The van der Waals surface area contributed by atoms with Crippen LogP contribution >= 0.6 is 0 Å². The molecule has 2 aromatic carbocycles. The first-order valence-corrected chi connectivity index (χ1v) is 7.07. The Morgan fingerprint density at radius 1 is 1.17 bits per heavy atom. The van der Waals surface area contributed by atoms with E-state index in [-0.39, 0.29) is 17.6 Å². The van der Waals surface area contributed by atoms with Crippen LogP contribution in [0.15, 0.2) is 47.6 Å². The van der Waals surface area contributed by atoms with Crippen LogP contribution in [0.4, 0.5) is 5.69 Å². The van der Waals surface area contributed by atoms with Crippen LogP contribution in [0, 0.1) is 0 Å². The third kappa shape index (κ3) is 4.57. The average Bonchev–Trinajstić information content (AvgIpc) is 2.56. The second-order valence-electron chi connectivity index (χ2n) is 4.89. The molecule has 0 aliphatic carbocycles. The summed E-state index contributed by atoms with van der Waals surface area (Å²) in [6.45, 7) is 1.41. The molecule has 24 heavy (non-hydrogen) atoms. The number of phenolic OH excluding ortho intramolecular Hbond substituents is 1. The summed E-state index contributed by atoms with van der Waals surface area (Å²) in [6, 6.07) is 11.1. The van der Waals surface area contributed by atoms with Gasteiger partial charge in [-0.3, -0.25) is 9.59 Å². The summed E-state index contributed by atoms with van der Waals surface area (Å²) < 4.78 is 4.99. The number of aromatic hydroxyl groups is 1. The van der Waals surface area contributed by atoms with Gasteiger partial charge in [0.2, 0.25) is 5.91 Å². The van der Waals surface area contributed by atoms with Gasteiger partial charge in [0, 0.05) is 18.2 Å². The van der Waals surface area contributed by atoms with Gasteiger partial charge in [0.15, 0.2) is 11.5 Å². The van der Waals surface area contributed by atoms with Crippen LogP contribution in [0.1, 0.15) is 22.8 Å². The molecule has 0 saturated heterocycles. The van der Waals surface area contributed by atoms with E-state index in [4.69, 9.17) is 4.74 Å². The number of anilines is 1. The molecule has 0 aliphatic rings. The molecule has 7 heteroatoms. The Bertz CT molecular complexity index is 770. The van der Waals surface area contributed by atoms with Crippen molar-refractivity contribution >= 4 is 23.7 Å². The molecule has 7 nitrogen and oxygen atoms in total. The maximum atomic E-state index is 12.0. The lowest BCUT2D eigenvalue weighted by molar-refractivity contribution is -0.114. The Morgan fingerprint density at radius 3 is 2.50 bits per heavy atom. The quantitative estimate of drug-likeness (QED) is 0.578. The monoisotopic (exact) mass is 327 g/mol. The zero-order valence-corrected chi connectivity index (χ0v) is 13.2. The van der Waals surface area contributed by atoms with Crippen molar-refractivity contribution in [2.75, 3.05) is 12.4 Å². The first kappa shape index (κ1) is 17.0. The fourth-order valence-electron chi connectivity index (χ4n) is 1.91. The molecule has 0 atom stereocenters. The predicted molar refractivity (Wildman–Crippen MR) is 90.5 cm³/mol. The number of methoxy groups -OCH3 is 1. The summed E-state index contributed by atoms with van der Waals surface area (Å²) in [7, 11) is 1.45. The smallest absolute Gasteiger partial charge is 0.271 e. The second kappa shape index (κ2) is 7.77. The highest BCUT2D eigenvalue weighted by Crippen LogP contribution is 2.25. The van der Waals surface area contributed by atoms with Crippen LogP contribution < -0.4 is 15.5 Å². The molecule has 2 aromatic rings. The topological polar surface area (TPSA) is 100 Å². The third-order valence-corrected chi connectivity index (χ3v) is 3.05. The van der Waals surface area contributed by atoms with Gasteiger partial charge in [0.25, 0.3) is 5.91 Å². The number of nitrogens with one attached hydrogen (secondary N) is 2. The van der Waals surface area contributed by atoms with Crippen LogP contribution in [-0.2, 0) is 4.79 Å². The van der Waals surface area contributed by atoms with E-state index in [0.29, 0.717) is 22.6 Å². The summed E-state index contributed by atoms with van der Waals surface area (Å²) in [5.74, 6) is -0.218. The summed E-state index contributed by atoms with van der Waals surface area (Å²) in [5, 5.41) is 16.0. The number of rotatable bonds is 5. The maximum Gasteiger partial charge on any atom is 0.271 e. The predicted octanol–water partition coefficient (Wildman–Crippen LogP) is 2.12. The maximum absolute atomic E-state index is 12.0. The van der Waals surface area contributed by atoms with Crippen LogP contribution in [0.25, 0.3) is 0 Å². The number of ether oxygens (including phenoxy) is 1. The highest BCUT2D eigenvalue weighted by molar-refractivity contribution is 5.96.